The Labute approximate surface area is 169 Å². The number of rotatable bonds is 6. The molecule has 2 aromatic carbocycles. The van der Waals surface area contributed by atoms with Gasteiger partial charge in [-0.15, -0.1) is 0 Å². The summed E-state index contributed by atoms with van der Waals surface area (Å²) in [6.45, 7) is 0. The summed E-state index contributed by atoms with van der Waals surface area (Å²) in [5, 5.41) is 2.64. The monoisotopic (exact) mass is 396 g/mol. The Balaban J connectivity index is 1.92. The summed E-state index contributed by atoms with van der Waals surface area (Å²) in [4.78, 5) is 26.9. The number of likely N-dealkylation sites (N-methyl/N-ethyl adjacent to an activating group) is 1. The smallest absolute Gasteiger partial charge is 0.251 e. The fraction of sp³-hybridized carbons (Fsp3) is 0.273. The van der Waals surface area contributed by atoms with Crippen molar-refractivity contribution in [3.63, 3.8) is 0 Å². The zero-order valence-corrected chi connectivity index (χ0v) is 16.9. The van der Waals surface area contributed by atoms with Crippen molar-refractivity contribution < 1.29 is 23.8 Å². The fourth-order valence-electron chi connectivity index (χ4n) is 3.48. The number of nitrogens with zero attached hydrogens (tertiary/aromatic N) is 1. The van der Waals surface area contributed by atoms with E-state index in [0.29, 0.717) is 29.2 Å². The van der Waals surface area contributed by atoms with E-state index in [1.165, 1.54) is 32.3 Å². The molecule has 0 saturated heterocycles. The summed E-state index contributed by atoms with van der Waals surface area (Å²) < 4.78 is 16.0. The predicted octanol–water partition coefficient (Wildman–Crippen LogP) is 2.43. The minimum atomic E-state index is -0.575. The van der Waals surface area contributed by atoms with E-state index in [1.54, 1.807) is 25.3 Å². The van der Waals surface area contributed by atoms with Crippen molar-refractivity contribution in [1.82, 2.24) is 5.32 Å². The Hall–Kier alpha value is -3.48. The van der Waals surface area contributed by atoms with E-state index >= 15 is 0 Å². The summed E-state index contributed by atoms with van der Waals surface area (Å²) in [5.74, 6) is 0.988. The first kappa shape index (κ1) is 20.3. The van der Waals surface area contributed by atoms with Gasteiger partial charge in [-0.2, -0.15) is 0 Å². The highest BCUT2D eigenvalue weighted by Gasteiger charge is 2.36. The highest BCUT2D eigenvalue weighted by molar-refractivity contribution is 6.09. The molecule has 1 atom stereocenters. The second-order valence-electron chi connectivity index (χ2n) is 6.46. The maximum absolute atomic E-state index is 13.0. The van der Waals surface area contributed by atoms with E-state index in [4.69, 9.17) is 14.2 Å². The van der Waals surface area contributed by atoms with Crippen LogP contribution in [0.1, 0.15) is 11.1 Å². The number of carbonyl (C=O) groups is 2. The van der Waals surface area contributed by atoms with Gasteiger partial charge in [0.1, 0.15) is 6.04 Å². The largest absolute Gasteiger partial charge is 0.493 e. The van der Waals surface area contributed by atoms with Gasteiger partial charge in [0.25, 0.3) is 5.91 Å². The third-order valence-corrected chi connectivity index (χ3v) is 4.87. The molecule has 0 bridgehead atoms. The molecule has 1 N–H and O–H groups in total. The van der Waals surface area contributed by atoms with Crippen molar-refractivity contribution in [2.75, 3.05) is 33.3 Å². The standard InChI is InChI=1S/C22H24N2O5/c1-23-22(26)17-13-15-7-5-6-8-16(15)24(17)20(25)10-9-14-11-18(27-2)21(29-4)19(12-14)28-3/h5-12,17H,13H2,1-4H3,(H,23,26)/b10-9-/t17-/m0/s1. The van der Waals surface area contributed by atoms with Gasteiger partial charge in [0.15, 0.2) is 11.5 Å². The van der Waals surface area contributed by atoms with Crippen LogP contribution < -0.4 is 24.4 Å². The van der Waals surface area contributed by atoms with Gasteiger partial charge in [-0.25, -0.2) is 0 Å². The van der Waals surface area contributed by atoms with Crippen LogP contribution in [0.15, 0.2) is 42.5 Å². The SMILES string of the molecule is CNC(=O)[C@@H]1Cc2ccccc2N1C(=O)/C=C\c1cc(OC)c(OC)c(OC)c1. The van der Waals surface area contributed by atoms with Crippen molar-refractivity contribution in [3.05, 3.63) is 53.6 Å². The van der Waals surface area contributed by atoms with Gasteiger partial charge >= 0.3 is 0 Å². The number of amides is 2. The maximum atomic E-state index is 13.0. The summed E-state index contributed by atoms with van der Waals surface area (Å²) in [7, 11) is 6.17. The number of ether oxygens (including phenoxy) is 3. The second kappa shape index (κ2) is 8.68. The lowest BCUT2D eigenvalue weighted by atomic mass is 10.1. The van der Waals surface area contributed by atoms with Crippen molar-refractivity contribution >= 4 is 23.6 Å². The topological polar surface area (TPSA) is 77.1 Å². The Bertz CT molecular complexity index is 929. The zero-order chi connectivity index (χ0) is 21.0. The van der Waals surface area contributed by atoms with E-state index in [-0.39, 0.29) is 11.8 Å². The highest BCUT2D eigenvalue weighted by atomic mass is 16.5. The molecule has 7 heteroatoms. The van der Waals surface area contributed by atoms with Crippen molar-refractivity contribution in [3.8, 4) is 17.2 Å². The number of methoxy groups -OCH3 is 3. The predicted molar refractivity (Wildman–Crippen MR) is 111 cm³/mol. The van der Waals surface area contributed by atoms with E-state index in [2.05, 4.69) is 5.32 Å². The number of nitrogens with one attached hydrogen (secondary N) is 1. The quantitative estimate of drug-likeness (QED) is 0.759. The molecule has 0 saturated carbocycles. The average molecular weight is 396 g/mol. The first-order valence-electron chi connectivity index (χ1n) is 9.14. The number of hydrogen-bond donors (Lipinski definition) is 1. The van der Waals surface area contributed by atoms with E-state index in [9.17, 15) is 9.59 Å². The van der Waals surface area contributed by atoms with Crippen molar-refractivity contribution in [1.29, 1.82) is 0 Å². The van der Waals surface area contributed by atoms with E-state index in [0.717, 1.165) is 11.3 Å². The minimum absolute atomic E-state index is 0.198. The van der Waals surface area contributed by atoms with Gasteiger partial charge in [0.05, 0.1) is 21.3 Å². The highest BCUT2D eigenvalue weighted by Crippen LogP contribution is 2.38. The summed E-state index contributed by atoms with van der Waals surface area (Å²) in [5.41, 5.74) is 2.42. The normalized spacial score (nSPS) is 15.2. The Morgan fingerprint density at radius 1 is 1.07 bits per heavy atom. The van der Waals surface area contributed by atoms with Crippen LogP contribution in [0.3, 0.4) is 0 Å². The molecule has 3 rings (SSSR count). The molecule has 0 aromatic heterocycles. The van der Waals surface area contributed by atoms with Crippen LogP contribution in [-0.4, -0.2) is 46.2 Å². The van der Waals surface area contributed by atoms with Crippen LogP contribution in [-0.2, 0) is 16.0 Å². The summed E-state index contributed by atoms with van der Waals surface area (Å²) in [6, 6.07) is 10.5. The molecule has 0 aliphatic carbocycles. The Morgan fingerprint density at radius 3 is 2.31 bits per heavy atom. The van der Waals surface area contributed by atoms with Crippen molar-refractivity contribution in [2.45, 2.75) is 12.5 Å². The molecular formula is C22H24N2O5. The van der Waals surface area contributed by atoms with Crippen LogP contribution >= 0.6 is 0 Å². The molecule has 1 heterocycles. The van der Waals surface area contributed by atoms with Gasteiger partial charge in [-0.3, -0.25) is 14.5 Å². The number of fused-ring (bicyclic) bond motifs is 1. The lowest BCUT2D eigenvalue weighted by Crippen LogP contribution is -2.46. The van der Waals surface area contributed by atoms with Gasteiger partial charge < -0.3 is 19.5 Å². The van der Waals surface area contributed by atoms with Crippen LogP contribution in [0.2, 0.25) is 0 Å². The maximum Gasteiger partial charge on any atom is 0.251 e. The molecule has 0 radical (unpaired) electrons. The number of carbonyl (C=O) groups excluding carboxylic acids is 2. The minimum Gasteiger partial charge on any atom is -0.493 e. The molecular weight excluding hydrogens is 372 g/mol. The first-order chi connectivity index (χ1) is 14.0. The van der Waals surface area contributed by atoms with Gasteiger partial charge in [-0.05, 0) is 35.4 Å². The molecule has 152 valence electrons. The molecule has 29 heavy (non-hydrogen) atoms. The third-order valence-electron chi connectivity index (χ3n) is 4.87. The van der Waals surface area contributed by atoms with Crippen LogP contribution in [0.5, 0.6) is 17.2 Å². The van der Waals surface area contributed by atoms with Crippen LogP contribution in [0, 0.1) is 0 Å². The molecule has 1 aliphatic rings. The van der Waals surface area contributed by atoms with Gasteiger partial charge in [0.2, 0.25) is 11.7 Å². The first-order valence-corrected chi connectivity index (χ1v) is 9.14. The Kier molecular flexibility index (Phi) is 6.07. The molecule has 1 aliphatic heterocycles. The summed E-state index contributed by atoms with van der Waals surface area (Å²) >= 11 is 0. The van der Waals surface area contributed by atoms with Gasteiger partial charge in [0, 0.05) is 25.2 Å². The number of para-hydroxylation sites is 1. The lowest BCUT2D eigenvalue weighted by molar-refractivity contribution is -0.124. The van der Waals surface area contributed by atoms with Gasteiger partial charge in [-0.1, -0.05) is 18.2 Å². The molecule has 2 aromatic rings. The van der Waals surface area contributed by atoms with Crippen LogP contribution in [0.25, 0.3) is 6.08 Å². The molecule has 0 unspecified atom stereocenters. The number of hydrogen-bond acceptors (Lipinski definition) is 5. The van der Waals surface area contributed by atoms with E-state index < -0.39 is 6.04 Å². The summed E-state index contributed by atoms with van der Waals surface area (Å²) in [6.07, 6.45) is 3.59. The fourth-order valence-corrected chi connectivity index (χ4v) is 3.48. The van der Waals surface area contributed by atoms with Crippen LogP contribution in [0.4, 0.5) is 5.69 Å². The van der Waals surface area contributed by atoms with Crippen molar-refractivity contribution in [2.24, 2.45) is 0 Å². The molecule has 0 spiro atoms. The number of benzene rings is 2. The number of anilines is 1. The second-order valence-corrected chi connectivity index (χ2v) is 6.46. The Morgan fingerprint density at radius 2 is 1.72 bits per heavy atom. The average Bonchev–Trinajstić information content (AvgIpc) is 3.15. The third kappa shape index (κ3) is 3.89. The zero-order valence-electron chi connectivity index (χ0n) is 16.9. The molecule has 0 fully saturated rings. The molecule has 7 nitrogen and oxygen atoms in total. The van der Waals surface area contributed by atoms with E-state index in [1.807, 2.05) is 24.3 Å². The lowest BCUT2D eigenvalue weighted by Gasteiger charge is -2.23. The molecule has 2 amide bonds.